The van der Waals surface area contributed by atoms with E-state index in [4.69, 9.17) is 15.5 Å². The fourth-order valence-electron chi connectivity index (χ4n) is 2.88. The number of piperidine rings is 1. The molecule has 106 valence electrons. The van der Waals surface area contributed by atoms with Crippen molar-refractivity contribution in [1.29, 1.82) is 0 Å². The SMILES string of the molecule is COC1CCN(c2cc(CN)c3ccccc3n2)CC1. The van der Waals surface area contributed by atoms with E-state index in [-0.39, 0.29) is 0 Å². The highest BCUT2D eigenvalue weighted by Gasteiger charge is 2.20. The molecule has 4 heteroatoms. The van der Waals surface area contributed by atoms with Gasteiger partial charge in [0.2, 0.25) is 0 Å². The van der Waals surface area contributed by atoms with Gasteiger partial charge in [0, 0.05) is 32.1 Å². The zero-order valence-electron chi connectivity index (χ0n) is 11.9. The highest BCUT2D eigenvalue weighted by atomic mass is 16.5. The second kappa shape index (κ2) is 5.77. The van der Waals surface area contributed by atoms with Crippen LogP contribution in [0.3, 0.4) is 0 Å². The number of aromatic nitrogens is 1. The van der Waals surface area contributed by atoms with Gasteiger partial charge in [0.1, 0.15) is 5.82 Å². The predicted octanol–water partition coefficient (Wildman–Crippen LogP) is 2.31. The maximum Gasteiger partial charge on any atom is 0.129 e. The van der Waals surface area contributed by atoms with Gasteiger partial charge in [0.25, 0.3) is 0 Å². The number of anilines is 1. The summed E-state index contributed by atoms with van der Waals surface area (Å²) in [6.45, 7) is 2.53. The Bertz CT molecular complexity index is 591. The van der Waals surface area contributed by atoms with Gasteiger partial charge in [0.15, 0.2) is 0 Å². The monoisotopic (exact) mass is 271 g/mol. The summed E-state index contributed by atoms with van der Waals surface area (Å²) in [7, 11) is 1.79. The van der Waals surface area contributed by atoms with Crippen LogP contribution in [0.1, 0.15) is 18.4 Å². The first-order valence-electron chi connectivity index (χ1n) is 7.18. The number of nitrogens with two attached hydrogens (primary N) is 1. The van der Waals surface area contributed by atoms with Gasteiger partial charge in [-0.25, -0.2) is 4.98 Å². The number of para-hydroxylation sites is 1. The van der Waals surface area contributed by atoms with E-state index in [0.29, 0.717) is 12.6 Å². The maximum atomic E-state index is 5.89. The third-order valence-electron chi connectivity index (χ3n) is 4.11. The molecule has 0 amide bonds. The number of rotatable bonds is 3. The fraction of sp³-hybridized carbons (Fsp3) is 0.438. The van der Waals surface area contributed by atoms with Crippen molar-refractivity contribution in [3.8, 4) is 0 Å². The van der Waals surface area contributed by atoms with Crippen molar-refractivity contribution in [3.05, 3.63) is 35.9 Å². The number of hydrogen-bond donors (Lipinski definition) is 1. The van der Waals surface area contributed by atoms with Crippen molar-refractivity contribution in [3.63, 3.8) is 0 Å². The number of methoxy groups -OCH3 is 1. The van der Waals surface area contributed by atoms with Gasteiger partial charge in [-0.1, -0.05) is 18.2 Å². The Morgan fingerprint density at radius 1 is 1.30 bits per heavy atom. The lowest BCUT2D eigenvalue weighted by molar-refractivity contribution is 0.0818. The third-order valence-corrected chi connectivity index (χ3v) is 4.11. The molecule has 0 spiro atoms. The Hall–Kier alpha value is -1.65. The van der Waals surface area contributed by atoms with E-state index in [1.54, 1.807) is 7.11 Å². The van der Waals surface area contributed by atoms with Crippen molar-refractivity contribution in [1.82, 2.24) is 4.98 Å². The molecule has 0 aliphatic carbocycles. The molecule has 0 radical (unpaired) electrons. The smallest absolute Gasteiger partial charge is 0.129 e. The molecule has 4 nitrogen and oxygen atoms in total. The third kappa shape index (κ3) is 2.49. The Morgan fingerprint density at radius 3 is 2.75 bits per heavy atom. The summed E-state index contributed by atoms with van der Waals surface area (Å²) in [4.78, 5) is 7.12. The minimum absolute atomic E-state index is 0.390. The van der Waals surface area contributed by atoms with Crippen LogP contribution in [0.5, 0.6) is 0 Å². The average molecular weight is 271 g/mol. The molecule has 2 N–H and O–H groups in total. The van der Waals surface area contributed by atoms with E-state index in [2.05, 4.69) is 23.1 Å². The van der Waals surface area contributed by atoms with Crippen molar-refractivity contribution >= 4 is 16.7 Å². The van der Waals surface area contributed by atoms with Crippen molar-refractivity contribution in [2.75, 3.05) is 25.1 Å². The second-order valence-electron chi connectivity index (χ2n) is 5.28. The van der Waals surface area contributed by atoms with Crippen LogP contribution in [0.2, 0.25) is 0 Å². The zero-order chi connectivity index (χ0) is 13.9. The minimum atomic E-state index is 0.390. The predicted molar refractivity (Wildman–Crippen MR) is 81.9 cm³/mol. The second-order valence-corrected chi connectivity index (χ2v) is 5.28. The van der Waals surface area contributed by atoms with E-state index in [1.807, 2.05) is 12.1 Å². The first-order chi connectivity index (χ1) is 9.81. The molecule has 1 aliphatic rings. The molecule has 20 heavy (non-hydrogen) atoms. The Kier molecular flexibility index (Phi) is 3.85. The molecule has 3 rings (SSSR count). The Balaban J connectivity index is 1.92. The molecule has 1 aliphatic heterocycles. The van der Waals surface area contributed by atoms with E-state index < -0.39 is 0 Å². The molecule has 0 unspecified atom stereocenters. The highest BCUT2D eigenvalue weighted by molar-refractivity contribution is 5.84. The molecular formula is C16H21N3O. The number of nitrogens with zero attached hydrogens (tertiary/aromatic N) is 2. The quantitative estimate of drug-likeness (QED) is 0.930. The summed E-state index contributed by atoms with van der Waals surface area (Å²) >= 11 is 0. The average Bonchev–Trinajstić information content (AvgIpc) is 2.54. The Morgan fingerprint density at radius 2 is 2.05 bits per heavy atom. The lowest BCUT2D eigenvalue weighted by Crippen LogP contribution is -2.37. The van der Waals surface area contributed by atoms with Gasteiger partial charge >= 0.3 is 0 Å². The molecule has 1 fully saturated rings. The number of fused-ring (bicyclic) bond motifs is 1. The molecule has 0 saturated carbocycles. The topological polar surface area (TPSA) is 51.4 Å². The molecule has 2 heterocycles. The van der Waals surface area contributed by atoms with Crippen LogP contribution < -0.4 is 10.6 Å². The molecule has 1 aromatic heterocycles. The summed E-state index contributed by atoms with van der Waals surface area (Å²) in [6, 6.07) is 10.3. The molecule has 1 saturated heterocycles. The van der Waals surface area contributed by atoms with Gasteiger partial charge in [-0.2, -0.15) is 0 Å². The van der Waals surface area contributed by atoms with Gasteiger partial charge in [-0.15, -0.1) is 0 Å². The summed E-state index contributed by atoms with van der Waals surface area (Å²) < 4.78 is 5.42. The van der Waals surface area contributed by atoms with Crippen LogP contribution in [0, 0.1) is 0 Å². The minimum Gasteiger partial charge on any atom is -0.381 e. The van der Waals surface area contributed by atoms with Crippen molar-refractivity contribution in [2.24, 2.45) is 5.73 Å². The van der Waals surface area contributed by atoms with Crippen LogP contribution >= 0.6 is 0 Å². The van der Waals surface area contributed by atoms with Gasteiger partial charge in [0.05, 0.1) is 11.6 Å². The highest BCUT2D eigenvalue weighted by Crippen LogP contribution is 2.25. The summed E-state index contributed by atoms with van der Waals surface area (Å²) in [5.74, 6) is 1.04. The zero-order valence-corrected chi connectivity index (χ0v) is 11.9. The maximum absolute atomic E-state index is 5.89. The van der Waals surface area contributed by atoms with Crippen LogP contribution in [-0.4, -0.2) is 31.3 Å². The first-order valence-corrected chi connectivity index (χ1v) is 7.18. The standard InChI is InChI=1S/C16H21N3O/c1-20-13-6-8-19(9-7-13)16-10-12(11-17)14-4-2-3-5-15(14)18-16/h2-5,10,13H,6-9,11,17H2,1H3. The molecule has 1 aromatic carbocycles. The van der Waals surface area contributed by atoms with E-state index in [0.717, 1.165) is 42.7 Å². The van der Waals surface area contributed by atoms with Crippen molar-refractivity contribution < 1.29 is 4.74 Å². The lowest BCUT2D eigenvalue weighted by atomic mass is 10.1. The lowest BCUT2D eigenvalue weighted by Gasteiger charge is -2.32. The fourth-order valence-corrected chi connectivity index (χ4v) is 2.88. The van der Waals surface area contributed by atoms with Crippen LogP contribution in [-0.2, 0) is 11.3 Å². The van der Waals surface area contributed by atoms with Crippen LogP contribution in [0.25, 0.3) is 10.9 Å². The normalized spacial score (nSPS) is 16.8. The number of ether oxygens (including phenoxy) is 1. The number of pyridine rings is 1. The number of benzene rings is 1. The summed E-state index contributed by atoms with van der Waals surface area (Å²) in [5, 5.41) is 1.16. The molecular weight excluding hydrogens is 250 g/mol. The summed E-state index contributed by atoms with van der Waals surface area (Å²) in [5.41, 5.74) is 8.08. The summed E-state index contributed by atoms with van der Waals surface area (Å²) in [6.07, 6.45) is 2.51. The van der Waals surface area contributed by atoms with Gasteiger partial charge < -0.3 is 15.4 Å². The van der Waals surface area contributed by atoms with Gasteiger partial charge in [-0.05, 0) is 30.5 Å². The largest absolute Gasteiger partial charge is 0.381 e. The van der Waals surface area contributed by atoms with Gasteiger partial charge in [-0.3, -0.25) is 0 Å². The van der Waals surface area contributed by atoms with Crippen LogP contribution in [0.4, 0.5) is 5.82 Å². The van der Waals surface area contributed by atoms with E-state index in [9.17, 15) is 0 Å². The van der Waals surface area contributed by atoms with E-state index in [1.165, 1.54) is 5.56 Å². The Labute approximate surface area is 119 Å². The van der Waals surface area contributed by atoms with E-state index >= 15 is 0 Å². The van der Waals surface area contributed by atoms with Crippen LogP contribution in [0.15, 0.2) is 30.3 Å². The molecule has 0 atom stereocenters. The molecule has 2 aromatic rings. The van der Waals surface area contributed by atoms with Crippen molar-refractivity contribution in [2.45, 2.75) is 25.5 Å². The first kappa shape index (κ1) is 13.3. The number of hydrogen-bond acceptors (Lipinski definition) is 4. The molecule has 0 bridgehead atoms.